The van der Waals surface area contributed by atoms with Crippen LogP contribution in [0.2, 0.25) is 0 Å². The Morgan fingerprint density at radius 1 is 1.04 bits per heavy atom. The maximum atomic E-state index is 12.1. The number of nitrogens with zero attached hydrogens (tertiary/aromatic N) is 1. The van der Waals surface area contributed by atoms with Crippen molar-refractivity contribution in [3.8, 4) is 0 Å². The van der Waals surface area contributed by atoms with Crippen molar-refractivity contribution in [3.05, 3.63) is 64.9 Å². The Balaban J connectivity index is 1.37. The average molecular weight is 395 g/mol. The number of rotatable bonds is 8. The number of hydrogen-bond acceptors (Lipinski definition) is 5. The zero-order valence-corrected chi connectivity index (χ0v) is 16.3. The Bertz CT molecular complexity index is 983. The van der Waals surface area contributed by atoms with E-state index in [2.05, 4.69) is 15.8 Å². The number of oxime groups is 1. The highest BCUT2D eigenvalue weighted by Gasteiger charge is 2.06. The van der Waals surface area contributed by atoms with Gasteiger partial charge >= 0.3 is 0 Å². The van der Waals surface area contributed by atoms with Crippen LogP contribution in [0.5, 0.6) is 0 Å². The summed E-state index contributed by atoms with van der Waals surface area (Å²) in [5, 5.41) is 13.5. The predicted octanol–water partition coefficient (Wildman–Crippen LogP) is 3.79. The minimum absolute atomic E-state index is 0.164. The van der Waals surface area contributed by atoms with Crippen LogP contribution >= 0.6 is 11.3 Å². The number of thiophene rings is 1. The summed E-state index contributed by atoms with van der Waals surface area (Å²) >= 11 is 1.55. The number of amides is 2. The first-order valence-corrected chi connectivity index (χ1v) is 9.75. The van der Waals surface area contributed by atoms with Gasteiger partial charge in [0, 0.05) is 18.7 Å². The molecule has 0 radical (unpaired) electrons. The second-order valence-corrected chi connectivity index (χ2v) is 7.09. The summed E-state index contributed by atoms with van der Waals surface area (Å²) in [5.41, 5.74) is 1.45. The van der Waals surface area contributed by atoms with Crippen LogP contribution in [0.1, 0.15) is 18.2 Å². The number of nitrogens with one attached hydrogen (secondary N) is 2. The summed E-state index contributed by atoms with van der Waals surface area (Å²) in [6.07, 6.45) is 0.177. The number of anilines is 1. The minimum atomic E-state index is -0.318. The van der Waals surface area contributed by atoms with Crippen molar-refractivity contribution in [1.29, 1.82) is 0 Å². The van der Waals surface area contributed by atoms with Gasteiger partial charge in [-0.05, 0) is 41.3 Å². The van der Waals surface area contributed by atoms with E-state index in [1.807, 2.05) is 66.9 Å². The first-order chi connectivity index (χ1) is 13.6. The Morgan fingerprint density at radius 3 is 2.64 bits per heavy atom. The Morgan fingerprint density at radius 2 is 1.86 bits per heavy atom. The van der Waals surface area contributed by atoms with Gasteiger partial charge in [-0.3, -0.25) is 9.59 Å². The molecule has 2 N–H and O–H groups in total. The van der Waals surface area contributed by atoms with Crippen molar-refractivity contribution in [1.82, 2.24) is 5.32 Å². The molecule has 2 amide bonds. The fourth-order valence-corrected chi connectivity index (χ4v) is 3.24. The van der Waals surface area contributed by atoms with Gasteiger partial charge in [0.1, 0.15) is 0 Å². The van der Waals surface area contributed by atoms with Gasteiger partial charge in [-0.2, -0.15) is 0 Å². The van der Waals surface area contributed by atoms with Crippen LogP contribution in [-0.2, 0) is 14.4 Å². The van der Waals surface area contributed by atoms with Crippen LogP contribution in [-0.4, -0.2) is 30.7 Å². The average Bonchev–Trinajstić information content (AvgIpc) is 3.23. The third-order valence-corrected chi connectivity index (χ3v) is 4.96. The molecule has 6 nitrogen and oxygen atoms in total. The maximum absolute atomic E-state index is 12.1. The third kappa shape index (κ3) is 5.65. The number of hydrogen-bond donors (Lipinski definition) is 2. The van der Waals surface area contributed by atoms with Gasteiger partial charge in [0.05, 0.1) is 10.6 Å². The Kier molecular flexibility index (Phi) is 6.75. The van der Waals surface area contributed by atoms with E-state index in [0.717, 1.165) is 27.0 Å². The number of carbonyl (C=O) groups is 2. The van der Waals surface area contributed by atoms with E-state index in [0.29, 0.717) is 0 Å². The zero-order valence-electron chi connectivity index (χ0n) is 15.5. The van der Waals surface area contributed by atoms with E-state index >= 15 is 0 Å². The van der Waals surface area contributed by atoms with Gasteiger partial charge in [-0.25, -0.2) is 0 Å². The van der Waals surface area contributed by atoms with Crippen LogP contribution in [0.15, 0.2) is 65.1 Å². The summed E-state index contributed by atoms with van der Waals surface area (Å²) in [5.74, 6) is -0.482. The van der Waals surface area contributed by atoms with Crippen molar-refractivity contribution < 1.29 is 14.4 Å². The van der Waals surface area contributed by atoms with Crippen LogP contribution in [0.4, 0.5) is 5.69 Å². The largest absolute Gasteiger partial charge is 0.385 e. The van der Waals surface area contributed by atoms with E-state index in [-0.39, 0.29) is 31.4 Å². The van der Waals surface area contributed by atoms with Crippen LogP contribution in [0.25, 0.3) is 10.8 Å². The van der Waals surface area contributed by atoms with Crippen LogP contribution in [0.3, 0.4) is 0 Å². The van der Waals surface area contributed by atoms with Crippen molar-refractivity contribution in [3.63, 3.8) is 0 Å². The van der Waals surface area contributed by atoms with Gasteiger partial charge in [0.2, 0.25) is 5.91 Å². The molecule has 0 spiro atoms. The summed E-state index contributed by atoms with van der Waals surface area (Å²) < 4.78 is 0. The molecular weight excluding hydrogens is 374 g/mol. The lowest BCUT2D eigenvalue weighted by molar-refractivity contribution is -0.125. The van der Waals surface area contributed by atoms with Gasteiger partial charge in [0.25, 0.3) is 5.91 Å². The molecule has 3 rings (SSSR count). The lowest BCUT2D eigenvalue weighted by Crippen LogP contribution is -2.30. The topological polar surface area (TPSA) is 79.8 Å². The quantitative estimate of drug-likeness (QED) is 0.450. The van der Waals surface area contributed by atoms with Gasteiger partial charge in [-0.1, -0.05) is 41.6 Å². The molecule has 1 heterocycles. The summed E-state index contributed by atoms with van der Waals surface area (Å²) in [4.78, 5) is 29.9. The van der Waals surface area contributed by atoms with E-state index in [9.17, 15) is 9.59 Å². The van der Waals surface area contributed by atoms with Crippen LogP contribution in [0, 0.1) is 0 Å². The lowest BCUT2D eigenvalue weighted by atomic mass is 10.1. The molecule has 0 saturated carbocycles. The van der Waals surface area contributed by atoms with Crippen molar-refractivity contribution in [2.75, 3.05) is 18.5 Å². The summed E-state index contributed by atoms with van der Waals surface area (Å²) in [6.45, 7) is 1.87. The molecule has 0 saturated heterocycles. The third-order valence-electron chi connectivity index (χ3n) is 3.98. The highest BCUT2D eigenvalue weighted by Crippen LogP contribution is 2.18. The smallest absolute Gasteiger partial charge is 0.260 e. The lowest BCUT2D eigenvalue weighted by Gasteiger charge is -2.07. The molecule has 28 heavy (non-hydrogen) atoms. The molecule has 0 aliphatic rings. The molecule has 0 unspecified atom stereocenters. The van der Waals surface area contributed by atoms with E-state index in [1.165, 1.54) is 0 Å². The van der Waals surface area contributed by atoms with E-state index in [1.54, 1.807) is 11.3 Å². The Hall–Kier alpha value is -3.19. The fourth-order valence-electron chi connectivity index (χ4n) is 2.57. The second kappa shape index (κ2) is 9.66. The molecule has 7 heteroatoms. The monoisotopic (exact) mass is 395 g/mol. The fraction of sp³-hybridized carbons (Fsp3) is 0.190. The predicted molar refractivity (Wildman–Crippen MR) is 113 cm³/mol. The molecule has 0 aliphatic carbocycles. The number of benzene rings is 2. The maximum Gasteiger partial charge on any atom is 0.260 e. The minimum Gasteiger partial charge on any atom is -0.385 e. The molecular formula is C21H21N3O3S. The molecule has 0 aliphatic heterocycles. The molecule has 0 atom stereocenters. The first-order valence-electron chi connectivity index (χ1n) is 8.87. The van der Waals surface area contributed by atoms with Gasteiger partial charge < -0.3 is 15.5 Å². The van der Waals surface area contributed by atoms with Crippen molar-refractivity contribution in [2.24, 2.45) is 5.16 Å². The molecule has 1 aromatic heterocycles. The molecule has 0 bridgehead atoms. The van der Waals surface area contributed by atoms with E-state index < -0.39 is 0 Å². The van der Waals surface area contributed by atoms with E-state index in [4.69, 9.17) is 4.84 Å². The number of fused-ring (bicyclic) bond motifs is 1. The van der Waals surface area contributed by atoms with Gasteiger partial charge in [-0.15, -0.1) is 11.3 Å². The first kappa shape index (κ1) is 19.6. The van der Waals surface area contributed by atoms with Crippen molar-refractivity contribution >= 4 is 45.3 Å². The summed E-state index contributed by atoms with van der Waals surface area (Å²) in [7, 11) is 0. The normalized spacial score (nSPS) is 11.2. The zero-order chi connectivity index (χ0) is 19.8. The highest BCUT2D eigenvalue weighted by atomic mass is 32.1. The Labute approximate surface area is 167 Å². The molecule has 144 valence electrons. The van der Waals surface area contributed by atoms with Crippen LogP contribution < -0.4 is 10.6 Å². The summed E-state index contributed by atoms with van der Waals surface area (Å²) in [6, 6.07) is 17.5. The second-order valence-electron chi connectivity index (χ2n) is 6.14. The SMILES string of the molecule is C/C(=N/OCC(=O)NCCC(=O)Nc1ccc2ccccc2c1)c1cccs1. The molecule has 3 aromatic rings. The number of carbonyl (C=O) groups excluding carboxylic acids is 2. The van der Waals surface area contributed by atoms with Gasteiger partial charge in [0.15, 0.2) is 6.61 Å². The molecule has 0 fully saturated rings. The highest BCUT2D eigenvalue weighted by molar-refractivity contribution is 7.12. The van der Waals surface area contributed by atoms with Crippen molar-refractivity contribution in [2.45, 2.75) is 13.3 Å². The standard InChI is InChI=1S/C21H21N3O3S/c1-15(19-7-4-12-28-19)24-27-14-21(26)22-11-10-20(25)23-18-9-8-16-5-2-3-6-17(16)13-18/h2-9,12-13H,10-11,14H2,1H3,(H,22,26)(H,23,25)/b24-15-. The molecule has 2 aromatic carbocycles.